The molecule has 3 aromatic rings. The van der Waals surface area contributed by atoms with Crippen molar-refractivity contribution in [2.24, 2.45) is 0 Å². The van der Waals surface area contributed by atoms with Crippen LogP contribution in [0.3, 0.4) is 0 Å². The van der Waals surface area contributed by atoms with Crippen LogP contribution in [0, 0.1) is 18.3 Å². The quantitative estimate of drug-likeness (QED) is 0.650. The van der Waals surface area contributed by atoms with Gasteiger partial charge in [-0.1, -0.05) is 6.07 Å². The van der Waals surface area contributed by atoms with Crippen molar-refractivity contribution in [1.29, 1.82) is 5.26 Å². The molecule has 0 fully saturated rings. The topological polar surface area (TPSA) is 54.0 Å². The van der Waals surface area contributed by atoms with Crippen LogP contribution in [0.2, 0.25) is 0 Å². The SMILES string of the molecule is Cc1nc2ccc(C#N)cn2c1-c1ccccn1. The van der Waals surface area contributed by atoms with E-state index >= 15 is 0 Å². The second kappa shape index (κ2) is 3.97. The number of hydrogen-bond donors (Lipinski definition) is 0. The van der Waals surface area contributed by atoms with Gasteiger partial charge in [-0.25, -0.2) is 4.98 Å². The fourth-order valence-electron chi connectivity index (χ4n) is 2.04. The summed E-state index contributed by atoms with van der Waals surface area (Å²) in [6.45, 7) is 1.95. The number of aryl methyl sites for hydroxylation is 1. The Morgan fingerprint density at radius 1 is 1.22 bits per heavy atom. The normalized spacial score (nSPS) is 10.4. The Bertz CT molecular complexity index is 751. The van der Waals surface area contributed by atoms with Crippen LogP contribution in [0.25, 0.3) is 17.0 Å². The highest BCUT2D eigenvalue weighted by Gasteiger charge is 2.11. The molecular formula is C14H10N4. The number of aromatic nitrogens is 3. The van der Waals surface area contributed by atoms with Gasteiger partial charge >= 0.3 is 0 Å². The van der Waals surface area contributed by atoms with Crippen molar-refractivity contribution in [2.45, 2.75) is 6.92 Å². The molecule has 4 nitrogen and oxygen atoms in total. The van der Waals surface area contributed by atoms with Crippen LogP contribution in [0.5, 0.6) is 0 Å². The van der Waals surface area contributed by atoms with Gasteiger partial charge in [0.25, 0.3) is 0 Å². The fraction of sp³-hybridized carbons (Fsp3) is 0.0714. The molecule has 0 aliphatic heterocycles. The van der Waals surface area contributed by atoms with Gasteiger partial charge in [0.1, 0.15) is 11.7 Å². The molecule has 3 aromatic heterocycles. The molecule has 4 heteroatoms. The van der Waals surface area contributed by atoms with Gasteiger partial charge in [-0.2, -0.15) is 5.26 Å². The van der Waals surface area contributed by atoms with Gasteiger partial charge in [0.05, 0.1) is 22.6 Å². The van der Waals surface area contributed by atoms with Crippen molar-refractivity contribution < 1.29 is 0 Å². The molecule has 0 saturated heterocycles. The summed E-state index contributed by atoms with van der Waals surface area (Å²) >= 11 is 0. The lowest BCUT2D eigenvalue weighted by atomic mass is 10.2. The van der Waals surface area contributed by atoms with Crippen molar-refractivity contribution in [3.05, 3.63) is 54.0 Å². The monoisotopic (exact) mass is 234 g/mol. The summed E-state index contributed by atoms with van der Waals surface area (Å²) in [5, 5.41) is 8.97. The Balaban J connectivity index is 2.35. The molecule has 86 valence electrons. The molecule has 0 bridgehead atoms. The molecule has 3 rings (SSSR count). The third kappa shape index (κ3) is 1.54. The number of nitriles is 1. The van der Waals surface area contributed by atoms with E-state index in [-0.39, 0.29) is 0 Å². The summed E-state index contributed by atoms with van der Waals surface area (Å²) in [6.07, 6.45) is 3.54. The number of rotatable bonds is 1. The van der Waals surface area contributed by atoms with Gasteiger partial charge < -0.3 is 0 Å². The zero-order valence-electron chi connectivity index (χ0n) is 9.83. The average molecular weight is 234 g/mol. The van der Waals surface area contributed by atoms with Crippen molar-refractivity contribution >= 4 is 5.65 Å². The lowest BCUT2D eigenvalue weighted by Crippen LogP contribution is -1.92. The molecule has 0 spiro atoms. The molecule has 0 N–H and O–H groups in total. The van der Waals surface area contributed by atoms with Crippen LogP contribution < -0.4 is 0 Å². The zero-order chi connectivity index (χ0) is 12.5. The van der Waals surface area contributed by atoms with Crippen molar-refractivity contribution in [3.8, 4) is 17.5 Å². The van der Waals surface area contributed by atoms with Gasteiger partial charge in [-0.3, -0.25) is 9.38 Å². The highest BCUT2D eigenvalue weighted by molar-refractivity contribution is 5.64. The summed E-state index contributed by atoms with van der Waals surface area (Å²) in [5.74, 6) is 0. The molecule has 0 atom stereocenters. The Morgan fingerprint density at radius 3 is 2.83 bits per heavy atom. The fourth-order valence-corrected chi connectivity index (χ4v) is 2.04. The van der Waals surface area contributed by atoms with E-state index in [0.29, 0.717) is 5.56 Å². The second-order valence-electron chi connectivity index (χ2n) is 4.02. The lowest BCUT2D eigenvalue weighted by molar-refractivity contribution is 1.15. The predicted molar refractivity (Wildman–Crippen MR) is 67.9 cm³/mol. The van der Waals surface area contributed by atoms with Crippen molar-refractivity contribution in [2.75, 3.05) is 0 Å². The summed E-state index contributed by atoms with van der Waals surface area (Å²) in [4.78, 5) is 8.82. The van der Waals surface area contributed by atoms with E-state index in [4.69, 9.17) is 5.26 Å². The largest absolute Gasteiger partial charge is 0.297 e. The van der Waals surface area contributed by atoms with E-state index in [2.05, 4.69) is 16.0 Å². The van der Waals surface area contributed by atoms with Gasteiger partial charge in [0, 0.05) is 12.4 Å². The molecule has 0 saturated carbocycles. The third-order valence-corrected chi connectivity index (χ3v) is 2.83. The lowest BCUT2D eigenvalue weighted by Gasteiger charge is -2.02. The first-order valence-electron chi connectivity index (χ1n) is 5.60. The molecule has 3 heterocycles. The molecule has 0 unspecified atom stereocenters. The van der Waals surface area contributed by atoms with E-state index in [1.807, 2.05) is 35.6 Å². The first-order chi connectivity index (χ1) is 8.79. The molecule has 0 aliphatic carbocycles. The minimum Gasteiger partial charge on any atom is -0.297 e. The van der Waals surface area contributed by atoms with Gasteiger partial charge in [-0.05, 0) is 31.2 Å². The van der Waals surface area contributed by atoms with Crippen LogP contribution in [-0.4, -0.2) is 14.4 Å². The smallest absolute Gasteiger partial charge is 0.137 e. The molecular weight excluding hydrogens is 224 g/mol. The highest BCUT2D eigenvalue weighted by Crippen LogP contribution is 2.23. The van der Waals surface area contributed by atoms with Gasteiger partial charge in [-0.15, -0.1) is 0 Å². The number of hydrogen-bond acceptors (Lipinski definition) is 3. The summed E-state index contributed by atoms with van der Waals surface area (Å²) in [6, 6.07) is 11.5. The number of fused-ring (bicyclic) bond motifs is 1. The Hall–Kier alpha value is -2.67. The zero-order valence-corrected chi connectivity index (χ0v) is 9.83. The van der Waals surface area contributed by atoms with E-state index in [1.54, 1.807) is 18.5 Å². The summed E-state index contributed by atoms with van der Waals surface area (Å²) < 4.78 is 1.91. The van der Waals surface area contributed by atoms with Crippen LogP contribution in [0.15, 0.2) is 42.7 Å². The Kier molecular flexibility index (Phi) is 2.31. The van der Waals surface area contributed by atoms with Crippen LogP contribution in [0.4, 0.5) is 0 Å². The van der Waals surface area contributed by atoms with Crippen LogP contribution in [-0.2, 0) is 0 Å². The van der Waals surface area contributed by atoms with E-state index < -0.39 is 0 Å². The maximum absolute atomic E-state index is 8.97. The van der Waals surface area contributed by atoms with Crippen LogP contribution >= 0.6 is 0 Å². The van der Waals surface area contributed by atoms with Crippen LogP contribution in [0.1, 0.15) is 11.3 Å². The maximum Gasteiger partial charge on any atom is 0.137 e. The Morgan fingerprint density at radius 2 is 2.11 bits per heavy atom. The van der Waals surface area contributed by atoms with Crippen molar-refractivity contribution in [3.63, 3.8) is 0 Å². The molecule has 0 radical (unpaired) electrons. The minimum atomic E-state index is 0.608. The second-order valence-corrected chi connectivity index (χ2v) is 4.02. The highest BCUT2D eigenvalue weighted by atomic mass is 15.0. The average Bonchev–Trinajstić information content (AvgIpc) is 2.74. The first-order valence-corrected chi connectivity index (χ1v) is 5.60. The number of pyridine rings is 2. The minimum absolute atomic E-state index is 0.608. The van der Waals surface area contributed by atoms with E-state index in [0.717, 1.165) is 22.7 Å². The molecule has 18 heavy (non-hydrogen) atoms. The Labute approximate surface area is 104 Å². The third-order valence-electron chi connectivity index (χ3n) is 2.83. The summed E-state index contributed by atoms with van der Waals surface area (Å²) in [7, 11) is 0. The summed E-state index contributed by atoms with van der Waals surface area (Å²) in [5.41, 5.74) is 4.13. The maximum atomic E-state index is 8.97. The molecule has 0 aliphatic rings. The standard InChI is InChI=1S/C14H10N4/c1-10-14(12-4-2-3-7-16-12)18-9-11(8-15)5-6-13(18)17-10/h2-7,9H,1H3. The number of nitrogens with zero attached hydrogens (tertiary/aromatic N) is 4. The molecule has 0 amide bonds. The van der Waals surface area contributed by atoms with E-state index in [9.17, 15) is 0 Å². The predicted octanol–water partition coefficient (Wildman–Crippen LogP) is 2.58. The first kappa shape index (κ1) is 10.5. The van der Waals surface area contributed by atoms with E-state index in [1.165, 1.54) is 0 Å². The van der Waals surface area contributed by atoms with Gasteiger partial charge in [0.15, 0.2) is 0 Å². The van der Waals surface area contributed by atoms with Crippen molar-refractivity contribution in [1.82, 2.24) is 14.4 Å². The molecule has 0 aromatic carbocycles. The number of imidazole rings is 1. The van der Waals surface area contributed by atoms with Gasteiger partial charge in [0.2, 0.25) is 0 Å².